The first-order valence-corrected chi connectivity index (χ1v) is 5.62. The van der Waals surface area contributed by atoms with E-state index in [-0.39, 0.29) is 6.54 Å². The number of aryl methyl sites for hydroxylation is 1. The van der Waals surface area contributed by atoms with Gasteiger partial charge in [0.2, 0.25) is 0 Å². The Balaban J connectivity index is 2.62. The number of likely N-dealkylation sites (N-methyl/N-ethyl adjacent to an activating group) is 1. The molecule has 0 saturated carbocycles. The van der Waals surface area contributed by atoms with Crippen LogP contribution in [0.5, 0.6) is 0 Å². The van der Waals surface area contributed by atoms with E-state index in [2.05, 4.69) is 12.0 Å². The van der Waals surface area contributed by atoms with E-state index in [0.717, 1.165) is 25.2 Å². The van der Waals surface area contributed by atoms with Crippen LogP contribution in [0.15, 0.2) is 12.3 Å². The molecule has 1 aromatic heterocycles. The second kappa shape index (κ2) is 6.27. The highest BCUT2D eigenvalue weighted by atomic mass is 16.4. The maximum absolute atomic E-state index is 10.6. The lowest BCUT2D eigenvalue weighted by atomic mass is 10.3. The molecule has 0 fully saturated rings. The normalized spacial score (nSPS) is 10.9. The number of aromatic nitrogens is 2. The molecule has 0 aromatic carbocycles. The molecule has 0 aliphatic heterocycles. The van der Waals surface area contributed by atoms with Gasteiger partial charge in [-0.15, -0.1) is 0 Å². The Morgan fingerprint density at radius 1 is 1.56 bits per heavy atom. The Bertz CT molecular complexity index is 336. The Labute approximate surface area is 95.7 Å². The van der Waals surface area contributed by atoms with Gasteiger partial charge in [0.15, 0.2) is 0 Å². The fourth-order valence-corrected chi connectivity index (χ4v) is 1.61. The van der Waals surface area contributed by atoms with Gasteiger partial charge in [-0.05, 0) is 19.0 Å². The quantitative estimate of drug-likeness (QED) is 0.757. The monoisotopic (exact) mass is 225 g/mol. The van der Waals surface area contributed by atoms with Crippen LogP contribution in [0.25, 0.3) is 0 Å². The first-order valence-electron chi connectivity index (χ1n) is 5.62. The van der Waals surface area contributed by atoms with Crippen LogP contribution in [0.1, 0.15) is 26.0 Å². The minimum absolute atomic E-state index is 0.0772. The van der Waals surface area contributed by atoms with Gasteiger partial charge in [0, 0.05) is 19.3 Å². The highest BCUT2D eigenvalue weighted by molar-refractivity contribution is 5.69. The van der Waals surface area contributed by atoms with Gasteiger partial charge >= 0.3 is 5.97 Å². The molecule has 0 amide bonds. The summed E-state index contributed by atoms with van der Waals surface area (Å²) in [6.45, 7) is 6.39. The highest BCUT2D eigenvalue weighted by Gasteiger charge is 2.10. The third-order valence-corrected chi connectivity index (χ3v) is 2.43. The number of nitrogens with zero attached hydrogens (tertiary/aromatic N) is 3. The average Bonchev–Trinajstić information content (AvgIpc) is 2.65. The minimum Gasteiger partial charge on any atom is -0.480 e. The van der Waals surface area contributed by atoms with E-state index in [0.29, 0.717) is 6.54 Å². The van der Waals surface area contributed by atoms with Crippen LogP contribution >= 0.6 is 0 Å². The summed E-state index contributed by atoms with van der Waals surface area (Å²) in [4.78, 5) is 12.5. The number of hydrogen-bond donors (Lipinski definition) is 1. The molecule has 0 bridgehead atoms. The molecule has 0 unspecified atom stereocenters. The zero-order valence-electron chi connectivity index (χ0n) is 9.89. The fourth-order valence-electron chi connectivity index (χ4n) is 1.61. The number of rotatable bonds is 7. The fraction of sp³-hybridized carbons (Fsp3) is 0.636. The maximum atomic E-state index is 10.6. The van der Waals surface area contributed by atoms with Crippen molar-refractivity contribution in [3.63, 3.8) is 0 Å². The van der Waals surface area contributed by atoms with Crippen LogP contribution < -0.4 is 0 Å². The molecule has 0 aliphatic rings. The van der Waals surface area contributed by atoms with Crippen molar-refractivity contribution in [3.05, 3.63) is 18.0 Å². The molecule has 1 N–H and O–H groups in total. The topological polar surface area (TPSA) is 58.4 Å². The molecular formula is C11H19N3O2. The second-order valence-electron chi connectivity index (χ2n) is 3.74. The van der Waals surface area contributed by atoms with Crippen LogP contribution in [0, 0.1) is 0 Å². The van der Waals surface area contributed by atoms with Crippen LogP contribution in [0.2, 0.25) is 0 Å². The molecule has 5 nitrogen and oxygen atoms in total. The number of hydrogen-bond acceptors (Lipinski definition) is 3. The van der Waals surface area contributed by atoms with E-state index in [9.17, 15) is 4.79 Å². The van der Waals surface area contributed by atoms with E-state index >= 15 is 0 Å². The molecule has 1 rings (SSSR count). The van der Waals surface area contributed by atoms with E-state index in [1.165, 1.54) is 0 Å². The van der Waals surface area contributed by atoms with Crippen molar-refractivity contribution in [2.75, 3.05) is 13.1 Å². The first-order chi connectivity index (χ1) is 7.67. The molecular weight excluding hydrogens is 206 g/mol. The predicted molar refractivity (Wildman–Crippen MR) is 61.1 cm³/mol. The van der Waals surface area contributed by atoms with Gasteiger partial charge in [0.1, 0.15) is 0 Å². The first kappa shape index (κ1) is 12.7. The number of aliphatic carboxylic acids is 1. The Morgan fingerprint density at radius 2 is 2.31 bits per heavy atom. The average molecular weight is 225 g/mol. The molecule has 0 atom stereocenters. The Kier molecular flexibility index (Phi) is 4.98. The lowest BCUT2D eigenvalue weighted by molar-refractivity contribution is -0.138. The summed E-state index contributed by atoms with van der Waals surface area (Å²) in [7, 11) is 0. The summed E-state index contributed by atoms with van der Waals surface area (Å²) in [6, 6.07) is 1.94. The molecule has 1 heterocycles. The summed E-state index contributed by atoms with van der Waals surface area (Å²) in [5.41, 5.74) is 1.07. The lowest BCUT2D eigenvalue weighted by Crippen LogP contribution is -2.30. The van der Waals surface area contributed by atoms with Gasteiger partial charge in [-0.2, -0.15) is 5.10 Å². The minimum atomic E-state index is -0.789. The second-order valence-corrected chi connectivity index (χ2v) is 3.74. The maximum Gasteiger partial charge on any atom is 0.317 e. The summed E-state index contributed by atoms with van der Waals surface area (Å²) in [6.07, 6.45) is 2.79. The van der Waals surface area contributed by atoms with Crippen molar-refractivity contribution >= 4 is 5.97 Å². The molecule has 0 aliphatic carbocycles. The lowest BCUT2D eigenvalue weighted by Gasteiger charge is -2.18. The molecule has 0 radical (unpaired) electrons. The van der Waals surface area contributed by atoms with Crippen molar-refractivity contribution in [2.24, 2.45) is 0 Å². The van der Waals surface area contributed by atoms with Gasteiger partial charge in [0.25, 0.3) is 0 Å². The zero-order valence-corrected chi connectivity index (χ0v) is 9.89. The smallest absolute Gasteiger partial charge is 0.317 e. The van der Waals surface area contributed by atoms with Crippen LogP contribution in [0.4, 0.5) is 0 Å². The number of carboxylic acid groups (broad SMARTS) is 1. The Morgan fingerprint density at radius 3 is 2.88 bits per heavy atom. The van der Waals surface area contributed by atoms with Crippen LogP contribution in [-0.4, -0.2) is 38.8 Å². The molecule has 16 heavy (non-hydrogen) atoms. The van der Waals surface area contributed by atoms with Crippen LogP contribution in [0.3, 0.4) is 0 Å². The summed E-state index contributed by atoms with van der Waals surface area (Å²) in [5.74, 6) is -0.789. The summed E-state index contributed by atoms with van der Waals surface area (Å²) >= 11 is 0. The molecule has 0 spiro atoms. The van der Waals surface area contributed by atoms with Crippen molar-refractivity contribution < 1.29 is 9.90 Å². The molecule has 1 aromatic rings. The number of carbonyl (C=O) groups is 1. The van der Waals surface area contributed by atoms with Gasteiger partial charge in [-0.1, -0.05) is 13.8 Å². The van der Waals surface area contributed by atoms with Gasteiger partial charge < -0.3 is 5.11 Å². The van der Waals surface area contributed by atoms with Gasteiger partial charge in [0.05, 0.1) is 12.2 Å². The Hall–Kier alpha value is -1.36. The van der Waals surface area contributed by atoms with Crippen molar-refractivity contribution in [3.8, 4) is 0 Å². The van der Waals surface area contributed by atoms with Crippen molar-refractivity contribution in [2.45, 2.75) is 33.4 Å². The largest absolute Gasteiger partial charge is 0.480 e. The van der Waals surface area contributed by atoms with Crippen LogP contribution in [-0.2, 0) is 17.9 Å². The summed E-state index contributed by atoms with van der Waals surface area (Å²) < 4.78 is 1.94. The molecule has 90 valence electrons. The van der Waals surface area contributed by atoms with Gasteiger partial charge in [-0.25, -0.2) is 0 Å². The van der Waals surface area contributed by atoms with Crippen molar-refractivity contribution in [1.82, 2.24) is 14.7 Å². The van der Waals surface area contributed by atoms with Crippen molar-refractivity contribution in [1.29, 1.82) is 0 Å². The summed E-state index contributed by atoms with van der Waals surface area (Å²) in [5, 5.41) is 13.0. The zero-order chi connectivity index (χ0) is 12.0. The standard InChI is InChI=1S/C11H19N3O2/c1-3-7-14-10(5-6-12-14)8-13(4-2)9-11(15)16/h5-6H,3-4,7-9H2,1-2H3,(H,15,16). The highest BCUT2D eigenvalue weighted by Crippen LogP contribution is 2.05. The molecule has 0 saturated heterocycles. The predicted octanol–water partition coefficient (Wildman–Crippen LogP) is 1.20. The van der Waals surface area contributed by atoms with Gasteiger partial charge in [-0.3, -0.25) is 14.4 Å². The van der Waals surface area contributed by atoms with E-state index in [4.69, 9.17) is 5.11 Å². The molecule has 5 heteroatoms. The third kappa shape index (κ3) is 3.66. The number of carboxylic acids is 1. The van der Waals surface area contributed by atoms with E-state index < -0.39 is 5.97 Å². The third-order valence-electron chi connectivity index (χ3n) is 2.43. The van der Waals surface area contributed by atoms with E-state index in [1.54, 1.807) is 6.20 Å². The van der Waals surface area contributed by atoms with E-state index in [1.807, 2.05) is 22.6 Å². The SMILES string of the molecule is CCCn1nccc1CN(CC)CC(=O)O.